The van der Waals surface area contributed by atoms with Crippen LogP contribution < -0.4 is 5.32 Å². The van der Waals surface area contributed by atoms with E-state index in [-0.39, 0.29) is 13.2 Å². The summed E-state index contributed by atoms with van der Waals surface area (Å²) < 4.78 is 9.86. The van der Waals surface area contributed by atoms with Gasteiger partial charge in [-0.1, -0.05) is 30.3 Å². The van der Waals surface area contributed by atoms with E-state index in [0.717, 1.165) is 5.56 Å². The van der Waals surface area contributed by atoms with Crippen molar-refractivity contribution in [3.63, 3.8) is 0 Å². The Kier molecular flexibility index (Phi) is 4.58. The quantitative estimate of drug-likeness (QED) is 0.865. The molecule has 0 fully saturated rings. The van der Waals surface area contributed by atoms with E-state index >= 15 is 0 Å². The summed E-state index contributed by atoms with van der Waals surface area (Å²) in [6.07, 6.45) is 1.53. The Balaban J connectivity index is 1.70. The van der Waals surface area contributed by atoms with Crippen molar-refractivity contribution in [1.82, 2.24) is 5.32 Å². The van der Waals surface area contributed by atoms with Crippen LogP contribution in [0.5, 0.6) is 0 Å². The van der Waals surface area contributed by atoms with E-state index in [4.69, 9.17) is 9.15 Å². The van der Waals surface area contributed by atoms with Gasteiger partial charge < -0.3 is 19.6 Å². The number of hydrogen-bond acceptors (Lipinski definition) is 4. The Hall–Kier alpha value is -2.27. The standard InChI is InChI=1S/C14H15NO4/c16-13(12-6-7-18-10-12)8-15-14(17)19-9-11-4-2-1-3-5-11/h1-7,10,13,16H,8-9H2,(H,15,17). The molecule has 1 aromatic heterocycles. The summed E-state index contributed by atoms with van der Waals surface area (Å²) in [5.74, 6) is 0. The van der Waals surface area contributed by atoms with Gasteiger partial charge in [0, 0.05) is 5.56 Å². The predicted molar refractivity (Wildman–Crippen MR) is 68.3 cm³/mol. The summed E-state index contributed by atoms with van der Waals surface area (Å²) >= 11 is 0. The maximum atomic E-state index is 11.4. The number of alkyl carbamates (subject to hydrolysis) is 1. The van der Waals surface area contributed by atoms with Gasteiger partial charge in [0.15, 0.2) is 0 Å². The molecule has 0 aliphatic heterocycles. The van der Waals surface area contributed by atoms with Gasteiger partial charge in [-0.05, 0) is 11.6 Å². The average Bonchev–Trinajstić information content (AvgIpc) is 2.98. The zero-order valence-corrected chi connectivity index (χ0v) is 10.3. The first-order chi connectivity index (χ1) is 9.25. The second kappa shape index (κ2) is 6.61. The first-order valence-corrected chi connectivity index (χ1v) is 5.90. The molecule has 100 valence electrons. The Labute approximate surface area is 110 Å². The van der Waals surface area contributed by atoms with E-state index in [9.17, 15) is 9.90 Å². The molecule has 1 atom stereocenters. The highest BCUT2D eigenvalue weighted by molar-refractivity contribution is 5.67. The Morgan fingerprint density at radius 2 is 2.11 bits per heavy atom. The minimum Gasteiger partial charge on any atom is -0.472 e. The molecule has 0 saturated heterocycles. The van der Waals surface area contributed by atoms with Gasteiger partial charge in [-0.3, -0.25) is 0 Å². The lowest BCUT2D eigenvalue weighted by molar-refractivity contribution is 0.125. The van der Waals surface area contributed by atoms with E-state index in [1.807, 2.05) is 30.3 Å². The highest BCUT2D eigenvalue weighted by Gasteiger charge is 2.11. The van der Waals surface area contributed by atoms with Crippen LogP contribution in [0.2, 0.25) is 0 Å². The number of rotatable bonds is 5. The normalized spacial score (nSPS) is 11.8. The number of aliphatic hydroxyl groups excluding tert-OH is 1. The number of amides is 1. The molecule has 5 nitrogen and oxygen atoms in total. The molecule has 0 aliphatic carbocycles. The Morgan fingerprint density at radius 1 is 1.32 bits per heavy atom. The summed E-state index contributed by atoms with van der Waals surface area (Å²) in [5, 5.41) is 12.2. The third-order valence-corrected chi connectivity index (χ3v) is 2.58. The first kappa shape index (κ1) is 13.2. The summed E-state index contributed by atoms with van der Waals surface area (Å²) in [5.41, 5.74) is 1.52. The number of carbonyl (C=O) groups excluding carboxylic acids is 1. The Bertz CT molecular complexity index is 495. The van der Waals surface area contributed by atoms with Crippen LogP contribution in [-0.4, -0.2) is 17.7 Å². The third kappa shape index (κ3) is 4.15. The van der Waals surface area contributed by atoms with Crippen LogP contribution in [0, 0.1) is 0 Å². The monoisotopic (exact) mass is 261 g/mol. The zero-order valence-electron chi connectivity index (χ0n) is 10.3. The molecule has 1 heterocycles. The van der Waals surface area contributed by atoms with Crippen molar-refractivity contribution < 1.29 is 19.1 Å². The van der Waals surface area contributed by atoms with Crippen LogP contribution in [0.4, 0.5) is 4.79 Å². The topological polar surface area (TPSA) is 71.7 Å². The molecule has 1 amide bonds. The summed E-state index contributed by atoms with van der Waals surface area (Å²) in [7, 11) is 0. The molecule has 2 aromatic rings. The number of furan rings is 1. The fraction of sp³-hybridized carbons (Fsp3) is 0.214. The van der Waals surface area contributed by atoms with Gasteiger partial charge in [-0.2, -0.15) is 0 Å². The maximum absolute atomic E-state index is 11.4. The number of nitrogens with one attached hydrogen (secondary N) is 1. The van der Waals surface area contributed by atoms with E-state index in [1.165, 1.54) is 12.5 Å². The van der Waals surface area contributed by atoms with Crippen LogP contribution in [0.1, 0.15) is 17.2 Å². The lowest BCUT2D eigenvalue weighted by atomic mass is 10.2. The molecular weight excluding hydrogens is 246 g/mol. The molecule has 0 saturated carbocycles. The van der Waals surface area contributed by atoms with Gasteiger partial charge >= 0.3 is 6.09 Å². The van der Waals surface area contributed by atoms with Crippen molar-refractivity contribution in [3.05, 3.63) is 60.1 Å². The van der Waals surface area contributed by atoms with Crippen molar-refractivity contribution in [2.24, 2.45) is 0 Å². The molecule has 19 heavy (non-hydrogen) atoms. The molecule has 0 radical (unpaired) electrons. The first-order valence-electron chi connectivity index (χ1n) is 5.90. The molecule has 1 unspecified atom stereocenters. The summed E-state index contributed by atoms with van der Waals surface area (Å²) in [4.78, 5) is 11.4. The maximum Gasteiger partial charge on any atom is 0.407 e. The minimum absolute atomic E-state index is 0.0765. The molecular formula is C14H15NO4. The molecule has 1 aromatic carbocycles. The van der Waals surface area contributed by atoms with E-state index in [1.54, 1.807) is 6.07 Å². The highest BCUT2D eigenvalue weighted by Crippen LogP contribution is 2.11. The molecule has 0 bridgehead atoms. The lowest BCUT2D eigenvalue weighted by Crippen LogP contribution is -2.28. The van der Waals surface area contributed by atoms with Crippen molar-refractivity contribution in [3.8, 4) is 0 Å². The zero-order chi connectivity index (χ0) is 13.5. The van der Waals surface area contributed by atoms with Crippen LogP contribution in [0.25, 0.3) is 0 Å². The van der Waals surface area contributed by atoms with Crippen LogP contribution in [0.15, 0.2) is 53.3 Å². The smallest absolute Gasteiger partial charge is 0.407 e. The van der Waals surface area contributed by atoms with E-state index in [2.05, 4.69) is 5.32 Å². The molecule has 0 aliphatic rings. The fourth-order valence-corrected chi connectivity index (χ4v) is 1.54. The molecule has 5 heteroatoms. The van der Waals surface area contributed by atoms with Crippen molar-refractivity contribution in [1.29, 1.82) is 0 Å². The van der Waals surface area contributed by atoms with E-state index in [0.29, 0.717) is 5.56 Å². The lowest BCUT2D eigenvalue weighted by Gasteiger charge is -2.10. The van der Waals surface area contributed by atoms with Crippen molar-refractivity contribution in [2.45, 2.75) is 12.7 Å². The number of ether oxygens (including phenoxy) is 1. The van der Waals surface area contributed by atoms with Crippen LogP contribution >= 0.6 is 0 Å². The minimum atomic E-state index is -0.803. The third-order valence-electron chi connectivity index (χ3n) is 2.58. The van der Waals surface area contributed by atoms with Crippen molar-refractivity contribution in [2.75, 3.05) is 6.54 Å². The molecule has 0 spiro atoms. The second-order valence-corrected chi connectivity index (χ2v) is 4.02. The largest absolute Gasteiger partial charge is 0.472 e. The SMILES string of the molecule is O=C(NCC(O)c1ccoc1)OCc1ccccc1. The highest BCUT2D eigenvalue weighted by atomic mass is 16.5. The van der Waals surface area contributed by atoms with E-state index < -0.39 is 12.2 Å². The summed E-state index contributed by atoms with van der Waals surface area (Å²) in [6.45, 7) is 0.279. The second-order valence-electron chi connectivity index (χ2n) is 4.02. The molecule has 2 N–H and O–H groups in total. The van der Waals surface area contributed by atoms with Gasteiger partial charge in [0.05, 0.1) is 25.2 Å². The van der Waals surface area contributed by atoms with Crippen molar-refractivity contribution >= 4 is 6.09 Å². The van der Waals surface area contributed by atoms with Crippen LogP contribution in [0.3, 0.4) is 0 Å². The van der Waals surface area contributed by atoms with Gasteiger partial charge in [0.2, 0.25) is 0 Å². The number of hydrogen-bond donors (Lipinski definition) is 2. The van der Waals surface area contributed by atoms with Gasteiger partial charge in [0.25, 0.3) is 0 Å². The van der Waals surface area contributed by atoms with Gasteiger partial charge in [-0.25, -0.2) is 4.79 Å². The van der Waals surface area contributed by atoms with Gasteiger partial charge in [-0.15, -0.1) is 0 Å². The predicted octanol–water partition coefficient (Wildman–Crippen LogP) is 2.24. The number of benzene rings is 1. The average molecular weight is 261 g/mol. The summed E-state index contributed by atoms with van der Waals surface area (Å²) in [6, 6.07) is 11.0. The Morgan fingerprint density at radius 3 is 2.79 bits per heavy atom. The fourth-order valence-electron chi connectivity index (χ4n) is 1.54. The number of carbonyl (C=O) groups is 1. The molecule has 2 rings (SSSR count). The van der Waals surface area contributed by atoms with Crippen LogP contribution in [-0.2, 0) is 11.3 Å². The number of aliphatic hydroxyl groups is 1. The van der Waals surface area contributed by atoms with Gasteiger partial charge in [0.1, 0.15) is 6.61 Å².